The summed E-state index contributed by atoms with van der Waals surface area (Å²) >= 11 is 0. The highest BCUT2D eigenvalue weighted by Gasteiger charge is 2.22. The second-order valence-corrected chi connectivity index (χ2v) is 7.11. The number of rotatable bonds is 5. The van der Waals surface area contributed by atoms with E-state index in [9.17, 15) is 0 Å². The summed E-state index contributed by atoms with van der Waals surface area (Å²) in [6, 6.07) is 16.3. The SMILES string of the molecule is Cc1cccc2nc(-c3cc4ccccc4o3)nc(C(CCN)N(C)C)c12. The summed E-state index contributed by atoms with van der Waals surface area (Å²) in [4.78, 5) is 11.9. The van der Waals surface area contributed by atoms with Crippen LogP contribution in [-0.2, 0) is 0 Å². The predicted molar refractivity (Wildman–Crippen MR) is 110 cm³/mol. The monoisotopic (exact) mass is 360 g/mol. The van der Waals surface area contributed by atoms with Crippen molar-refractivity contribution in [1.29, 1.82) is 0 Å². The number of aryl methyl sites for hydroxylation is 1. The van der Waals surface area contributed by atoms with Crippen LogP contribution >= 0.6 is 0 Å². The Labute approximate surface area is 158 Å². The fourth-order valence-corrected chi connectivity index (χ4v) is 3.63. The molecule has 0 saturated heterocycles. The number of aromatic nitrogens is 2. The molecule has 4 aromatic rings. The molecule has 138 valence electrons. The highest BCUT2D eigenvalue weighted by atomic mass is 16.3. The third kappa shape index (κ3) is 3.20. The number of furan rings is 1. The van der Waals surface area contributed by atoms with Crippen molar-refractivity contribution in [3.63, 3.8) is 0 Å². The quantitative estimate of drug-likeness (QED) is 0.574. The van der Waals surface area contributed by atoms with Gasteiger partial charge in [-0.1, -0.05) is 30.3 Å². The molecular weight excluding hydrogens is 336 g/mol. The average molecular weight is 360 g/mol. The minimum absolute atomic E-state index is 0.115. The van der Waals surface area contributed by atoms with Gasteiger partial charge in [-0.25, -0.2) is 9.97 Å². The van der Waals surface area contributed by atoms with E-state index in [1.165, 1.54) is 5.56 Å². The van der Waals surface area contributed by atoms with E-state index in [1.54, 1.807) is 0 Å². The van der Waals surface area contributed by atoms with Crippen molar-refractivity contribution in [2.45, 2.75) is 19.4 Å². The molecule has 0 radical (unpaired) electrons. The minimum Gasteiger partial charge on any atom is -0.453 e. The Morgan fingerprint density at radius 3 is 2.63 bits per heavy atom. The van der Waals surface area contributed by atoms with Gasteiger partial charge < -0.3 is 15.1 Å². The third-order valence-electron chi connectivity index (χ3n) is 4.98. The maximum Gasteiger partial charge on any atom is 0.196 e. The van der Waals surface area contributed by atoms with Crippen LogP contribution < -0.4 is 5.73 Å². The predicted octanol–water partition coefficient (Wildman–Crippen LogP) is 4.30. The summed E-state index contributed by atoms with van der Waals surface area (Å²) < 4.78 is 6.03. The molecule has 2 N–H and O–H groups in total. The number of hydrogen-bond donors (Lipinski definition) is 1. The van der Waals surface area contributed by atoms with E-state index >= 15 is 0 Å². The highest BCUT2D eigenvalue weighted by molar-refractivity contribution is 5.87. The van der Waals surface area contributed by atoms with Crippen LogP contribution in [0.1, 0.15) is 23.7 Å². The summed E-state index contributed by atoms with van der Waals surface area (Å²) in [5, 5.41) is 2.15. The minimum atomic E-state index is 0.115. The summed E-state index contributed by atoms with van der Waals surface area (Å²) in [5.41, 5.74) is 9.84. The van der Waals surface area contributed by atoms with Crippen LogP contribution in [0.3, 0.4) is 0 Å². The van der Waals surface area contributed by atoms with Gasteiger partial charge in [0.15, 0.2) is 11.6 Å². The zero-order valence-corrected chi connectivity index (χ0v) is 15.9. The molecule has 2 aromatic carbocycles. The van der Waals surface area contributed by atoms with Crippen molar-refractivity contribution in [2.24, 2.45) is 5.73 Å². The number of nitrogens with two attached hydrogens (primary N) is 1. The Morgan fingerprint density at radius 1 is 1.07 bits per heavy atom. The molecule has 0 aliphatic rings. The van der Waals surface area contributed by atoms with Gasteiger partial charge >= 0.3 is 0 Å². The average Bonchev–Trinajstić information content (AvgIpc) is 3.09. The van der Waals surface area contributed by atoms with Gasteiger partial charge in [0.1, 0.15) is 5.58 Å². The van der Waals surface area contributed by atoms with Crippen LogP contribution in [-0.4, -0.2) is 35.5 Å². The van der Waals surface area contributed by atoms with E-state index in [2.05, 4.69) is 32.0 Å². The molecular formula is C22H24N4O. The standard InChI is InChI=1S/C22H24N4O/c1-14-7-6-9-16-20(14)21(17(11-12-23)26(2)3)25-22(24-16)19-13-15-8-4-5-10-18(15)27-19/h4-10,13,17H,11-12,23H2,1-3H3. The summed E-state index contributed by atoms with van der Waals surface area (Å²) in [5.74, 6) is 1.30. The second-order valence-electron chi connectivity index (χ2n) is 7.11. The van der Waals surface area contributed by atoms with Gasteiger partial charge in [-0.05, 0) is 57.7 Å². The Morgan fingerprint density at radius 2 is 1.89 bits per heavy atom. The maximum atomic E-state index is 6.03. The van der Waals surface area contributed by atoms with Crippen LogP contribution in [0.2, 0.25) is 0 Å². The molecule has 27 heavy (non-hydrogen) atoms. The molecule has 2 aromatic heterocycles. The topological polar surface area (TPSA) is 68.2 Å². The normalized spacial score (nSPS) is 12.9. The van der Waals surface area contributed by atoms with Gasteiger partial charge in [0.05, 0.1) is 17.3 Å². The van der Waals surface area contributed by atoms with Gasteiger partial charge in [0.25, 0.3) is 0 Å². The number of para-hydroxylation sites is 1. The van der Waals surface area contributed by atoms with Crippen LogP contribution in [0.4, 0.5) is 0 Å². The molecule has 5 nitrogen and oxygen atoms in total. The van der Waals surface area contributed by atoms with Crippen molar-refractivity contribution >= 4 is 21.9 Å². The Kier molecular flexibility index (Phi) is 4.64. The molecule has 1 unspecified atom stereocenters. The zero-order chi connectivity index (χ0) is 19.0. The van der Waals surface area contributed by atoms with E-state index in [-0.39, 0.29) is 6.04 Å². The summed E-state index contributed by atoms with van der Waals surface area (Å²) in [7, 11) is 4.13. The Hall–Kier alpha value is -2.76. The molecule has 0 fully saturated rings. The first-order chi connectivity index (χ1) is 13.1. The molecule has 5 heteroatoms. The van der Waals surface area contributed by atoms with E-state index in [4.69, 9.17) is 20.1 Å². The fraction of sp³-hybridized carbons (Fsp3) is 0.273. The van der Waals surface area contributed by atoms with Crippen molar-refractivity contribution in [1.82, 2.24) is 14.9 Å². The molecule has 0 bridgehead atoms. The summed E-state index contributed by atoms with van der Waals surface area (Å²) in [6.07, 6.45) is 0.826. The molecule has 0 aliphatic heterocycles. The lowest BCUT2D eigenvalue weighted by molar-refractivity contribution is 0.283. The fourth-order valence-electron chi connectivity index (χ4n) is 3.63. The van der Waals surface area contributed by atoms with Crippen LogP contribution in [0.5, 0.6) is 0 Å². The van der Waals surface area contributed by atoms with Crippen LogP contribution in [0.15, 0.2) is 52.9 Å². The Bertz CT molecular complexity index is 1070. The molecule has 0 saturated carbocycles. The largest absolute Gasteiger partial charge is 0.453 e. The number of benzene rings is 2. The maximum absolute atomic E-state index is 6.03. The highest BCUT2D eigenvalue weighted by Crippen LogP contribution is 2.33. The number of nitrogens with zero attached hydrogens (tertiary/aromatic N) is 3. The van der Waals surface area contributed by atoms with Gasteiger partial charge in [0.2, 0.25) is 0 Å². The lowest BCUT2D eigenvalue weighted by Crippen LogP contribution is -2.24. The van der Waals surface area contributed by atoms with Gasteiger partial charge in [-0.15, -0.1) is 0 Å². The lowest BCUT2D eigenvalue weighted by Gasteiger charge is -2.25. The molecule has 0 amide bonds. The third-order valence-corrected chi connectivity index (χ3v) is 4.98. The van der Waals surface area contributed by atoms with E-state index in [0.29, 0.717) is 18.1 Å². The summed E-state index contributed by atoms with van der Waals surface area (Å²) in [6.45, 7) is 2.70. The van der Waals surface area contributed by atoms with Gasteiger partial charge in [-0.3, -0.25) is 0 Å². The van der Waals surface area contributed by atoms with E-state index in [0.717, 1.165) is 34.0 Å². The lowest BCUT2D eigenvalue weighted by atomic mass is 10.00. The number of fused-ring (bicyclic) bond motifs is 2. The van der Waals surface area contributed by atoms with Crippen LogP contribution in [0.25, 0.3) is 33.5 Å². The first-order valence-electron chi connectivity index (χ1n) is 9.21. The molecule has 1 atom stereocenters. The first-order valence-corrected chi connectivity index (χ1v) is 9.21. The van der Waals surface area contributed by atoms with E-state index in [1.807, 2.05) is 42.5 Å². The molecule has 4 rings (SSSR count). The van der Waals surface area contributed by atoms with Crippen molar-refractivity contribution in [3.8, 4) is 11.6 Å². The number of hydrogen-bond acceptors (Lipinski definition) is 5. The molecule has 0 spiro atoms. The smallest absolute Gasteiger partial charge is 0.196 e. The molecule has 2 heterocycles. The Balaban J connectivity index is 1.97. The van der Waals surface area contributed by atoms with Crippen molar-refractivity contribution < 1.29 is 4.42 Å². The van der Waals surface area contributed by atoms with E-state index < -0.39 is 0 Å². The van der Waals surface area contributed by atoms with Crippen molar-refractivity contribution in [3.05, 3.63) is 59.8 Å². The van der Waals surface area contributed by atoms with Crippen LogP contribution in [0, 0.1) is 6.92 Å². The van der Waals surface area contributed by atoms with Gasteiger partial charge in [-0.2, -0.15) is 0 Å². The van der Waals surface area contributed by atoms with Crippen molar-refractivity contribution in [2.75, 3.05) is 20.6 Å². The second kappa shape index (κ2) is 7.10. The molecule has 0 aliphatic carbocycles. The van der Waals surface area contributed by atoms with Gasteiger partial charge in [0, 0.05) is 10.8 Å². The zero-order valence-electron chi connectivity index (χ0n) is 15.9. The first kappa shape index (κ1) is 17.6.